The maximum absolute atomic E-state index is 10.5. The van der Waals surface area contributed by atoms with Gasteiger partial charge in [0, 0.05) is 11.8 Å². The number of fused-ring (bicyclic) bond motifs is 2. The summed E-state index contributed by atoms with van der Waals surface area (Å²) in [5.41, 5.74) is 2.84. The van der Waals surface area contributed by atoms with E-state index >= 15 is 0 Å². The molecule has 0 aliphatic carbocycles. The molecule has 2 aliphatic heterocycles. The van der Waals surface area contributed by atoms with E-state index in [9.17, 15) is 5.11 Å². The van der Waals surface area contributed by atoms with Gasteiger partial charge in [-0.3, -0.25) is 5.41 Å². The van der Waals surface area contributed by atoms with Gasteiger partial charge in [-0.1, -0.05) is 12.1 Å². The number of nitrogens with one attached hydrogen (secondary N) is 2. The number of aromatic nitrogens is 2. The predicted octanol–water partition coefficient (Wildman–Crippen LogP) is 3.10. The van der Waals surface area contributed by atoms with Gasteiger partial charge in [0.1, 0.15) is 30.6 Å². The van der Waals surface area contributed by atoms with Crippen LogP contribution in [0.15, 0.2) is 48.2 Å². The first kappa shape index (κ1) is 14.8. The molecule has 3 N–H and O–H groups in total. The molecule has 0 saturated heterocycles. The lowest BCUT2D eigenvalue weighted by Crippen LogP contribution is -2.26. The summed E-state index contributed by atoms with van der Waals surface area (Å²) >= 11 is 0. The molecular formula is C19H16N4O3. The van der Waals surface area contributed by atoms with Gasteiger partial charge in [0.05, 0.1) is 23.2 Å². The van der Waals surface area contributed by atoms with Crippen LogP contribution in [-0.4, -0.2) is 40.7 Å². The summed E-state index contributed by atoms with van der Waals surface area (Å²) in [4.78, 5) is 9.41. The molecule has 0 unspecified atom stereocenters. The number of rotatable bonds is 2. The second kappa shape index (κ2) is 5.52. The highest BCUT2D eigenvalue weighted by molar-refractivity contribution is 6.30. The van der Waals surface area contributed by atoms with Crippen LogP contribution in [0.5, 0.6) is 11.5 Å². The third-order valence-corrected chi connectivity index (χ3v) is 4.57. The Morgan fingerprint density at radius 3 is 2.73 bits per heavy atom. The van der Waals surface area contributed by atoms with E-state index in [1.54, 1.807) is 4.90 Å². The van der Waals surface area contributed by atoms with Crippen molar-refractivity contribution in [1.82, 2.24) is 9.97 Å². The molecule has 3 aromatic rings. The Bertz CT molecular complexity index is 1040. The molecule has 7 nitrogen and oxygen atoms in total. The second-order valence-corrected chi connectivity index (χ2v) is 6.19. The minimum Gasteiger partial charge on any atom is -0.509 e. The van der Waals surface area contributed by atoms with Crippen LogP contribution in [-0.2, 0) is 0 Å². The van der Waals surface area contributed by atoms with Crippen LogP contribution < -0.4 is 14.4 Å². The molecule has 3 heterocycles. The Labute approximate surface area is 149 Å². The Hall–Kier alpha value is -3.48. The number of H-pyrrole nitrogens is 1. The van der Waals surface area contributed by atoms with E-state index in [0.717, 1.165) is 16.7 Å². The van der Waals surface area contributed by atoms with Gasteiger partial charge in [0.25, 0.3) is 0 Å². The minimum atomic E-state index is 0.115. The smallest absolute Gasteiger partial charge is 0.163 e. The maximum atomic E-state index is 10.5. The summed E-state index contributed by atoms with van der Waals surface area (Å²) in [7, 11) is 0. The summed E-state index contributed by atoms with van der Waals surface area (Å²) < 4.78 is 11.2. The summed E-state index contributed by atoms with van der Waals surface area (Å²) in [5, 5.41) is 19.0. The third-order valence-electron chi connectivity index (χ3n) is 4.57. The van der Waals surface area contributed by atoms with E-state index in [0.29, 0.717) is 36.1 Å². The molecule has 0 atom stereocenters. The Kier molecular flexibility index (Phi) is 3.15. The summed E-state index contributed by atoms with van der Waals surface area (Å²) in [6.07, 6.45) is 0. The molecule has 0 radical (unpaired) electrons. The minimum absolute atomic E-state index is 0.115. The van der Waals surface area contributed by atoms with E-state index in [4.69, 9.17) is 14.9 Å². The van der Waals surface area contributed by atoms with E-state index in [1.807, 2.05) is 42.5 Å². The quantitative estimate of drug-likeness (QED) is 0.661. The molecule has 0 saturated carbocycles. The predicted molar refractivity (Wildman–Crippen MR) is 98.1 cm³/mol. The number of aromatic amines is 1. The normalized spacial score (nSPS) is 16.6. The average molecular weight is 348 g/mol. The number of hydrogen-bond acceptors (Lipinski definition) is 5. The fourth-order valence-electron chi connectivity index (χ4n) is 3.32. The molecule has 0 amide bonds. The fourth-order valence-corrected chi connectivity index (χ4v) is 3.32. The van der Waals surface area contributed by atoms with E-state index in [-0.39, 0.29) is 18.1 Å². The van der Waals surface area contributed by atoms with Gasteiger partial charge >= 0.3 is 0 Å². The number of aliphatic hydroxyl groups excluding tert-OH is 1. The van der Waals surface area contributed by atoms with E-state index < -0.39 is 0 Å². The van der Waals surface area contributed by atoms with Crippen molar-refractivity contribution in [2.75, 3.05) is 24.7 Å². The molecule has 26 heavy (non-hydrogen) atoms. The lowest BCUT2D eigenvalue weighted by atomic mass is 10.2. The highest BCUT2D eigenvalue weighted by atomic mass is 16.6. The molecule has 7 heteroatoms. The number of hydrogen-bond donors (Lipinski definition) is 3. The highest BCUT2D eigenvalue weighted by Crippen LogP contribution is 2.37. The van der Waals surface area contributed by atoms with Gasteiger partial charge in [0.15, 0.2) is 11.5 Å². The standard InChI is InChI=1S/C19H16N4O3/c20-18-17(19-21-12-3-1-2-4-13(12)22-19)14(24)10-23(18)11-5-6-15-16(9-11)26-8-7-25-15/h1-6,9,20,24H,7-8,10H2,(H,21,22). The number of aliphatic hydroxyl groups is 1. The van der Waals surface area contributed by atoms with Crippen molar-refractivity contribution in [3.63, 3.8) is 0 Å². The van der Waals surface area contributed by atoms with Crippen LogP contribution in [0.1, 0.15) is 5.82 Å². The molecule has 0 fully saturated rings. The first-order valence-corrected chi connectivity index (χ1v) is 8.34. The van der Waals surface area contributed by atoms with E-state index in [1.165, 1.54) is 0 Å². The van der Waals surface area contributed by atoms with Gasteiger partial charge in [-0.2, -0.15) is 0 Å². The van der Waals surface area contributed by atoms with Gasteiger partial charge in [0.2, 0.25) is 0 Å². The van der Waals surface area contributed by atoms with E-state index in [2.05, 4.69) is 9.97 Å². The van der Waals surface area contributed by atoms with Crippen molar-refractivity contribution in [3.05, 3.63) is 54.0 Å². The van der Waals surface area contributed by atoms with Crippen LogP contribution in [0.4, 0.5) is 5.69 Å². The average Bonchev–Trinajstić information content (AvgIpc) is 3.21. The molecular weight excluding hydrogens is 332 g/mol. The Balaban J connectivity index is 1.50. The number of para-hydroxylation sites is 2. The zero-order chi connectivity index (χ0) is 17.7. The van der Waals surface area contributed by atoms with Crippen LogP contribution in [0.3, 0.4) is 0 Å². The SMILES string of the molecule is N=C1C(c2nc3ccccc3[nH]2)=C(O)CN1c1ccc2c(c1)OCCO2. The molecule has 0 bridgehead atoms. The van der Waals surface area contributed by atoms with Crippen molar-refractivity contribution in [1.29, 1.82) is 5.41 Å². The van der Waals surface area contributed by atoms with Crippen LogP contribution in [0.25, 0.3) is 16.6 Å². The molecule has 5 rings (SSSR count). The molecule has 130 valence electrons. The maximum Gasteiger partial charge on any atom is 0.163 e. The number of anilines is 1. The monoisotopic (exact) mass is 348 g/mol. The number of imidazole rings is 1. The molecule has 1 aromatic heterocycles. The zero-order valence-electron chi connectivity index (χ0n) is 13.8. The highest BCUT2D eigenvalue weighted by Gasteiger charge is 2.32. The summed E-state index contributed by atoms with van der Waals surface area (Å²) in [6.45, 7) is 1.25. The number of nitrogens with zero attached hydrogens (tertiary/aromatic N) is 2. The topological polar surface area (TPSA) is 94.5 Å². The van der Waals surface area contributed by atoms with Gasteiger partial charge in [-0.15, -0.1) is 0 Å². The second-order valence-electron chi connectivity index (χ2n) is 6.19. The van der Waals surface area contributed by atoms with Crippen molar-refractivity contribution in [3.8, 4) is 11.5 Å². The summed E-state index contributed by atoms with van der Waals surface area (Å²) in [5.74, 6) is 2.15. The zero-order valence-corrected chi connectivity index (χ0v) is 13.8. The third kappa shape index (κ3) is 2.21. The first-order chi connectivity index (χ1) is 12.7. The van der Waals surface area contributed by atoms with Gasteiger partial charge < -0.3 is 24.5 Å². The molecule has 0 spiro atoms. The molecule has 2 aromatic carbocycles. The largest absolute Gasteiger partial charge is 0.509 e. The van der Waals surface area contributed by atoms with Crippen LogP contribution >= 0.6 is 0 Å². The van der Waals surface area contributed by atoms with Gasteiger partial charge in [-0.05, 0) is 24.3 Å². The van der Waals surface area contributed by atoms with Crippen molar-refractivity contribution < 1.29 is 14.6 Å². The Morgan fingerprint density at radius 1 is 1.08 bits per heavy atom. The van der Waals surface area contributed by atoms with Crippen molar-refractivity contribution in [2.24, 2.45) is 0 Å². The lowest BCUT2D eigenvalue weighted by Gasteiger charge is -2.23. The van der Waals surface area contributed by atoms with Crippen LogP contribution in [0.2, 0.25) is 0 Å². The number of benzene rings is 2. The van der Waals surface area contributed by atoms with Crippen LogP contribution in [0, 0.1) is 5.41 Å². The van der Waals surface area contributed by atoms with Gasteiger partial charge in [-0.25, -0.2) is 4.98 Å². The fraction of sp³-hybridized carbons (Fsp3) is 0.158. The Morgan fingerprint density at radius 2 is 1.88 bits per heavy atom. The number of amidine groups is 1. The number of ether oxygens (including phenoxy) is 2. The van der Waals surface area contributed by atoms with Crippen molar-refractivity contribution >= 4 is 28.1 Å². The summed E-state index contributed by atoms with van der Waals surface area (Å²) in [6, 6.07) is 13.1. The van der Waals surface area contributed by atoms with Crippen molar-refractivity contribution in [2.45, 2.75) is 0 Å². The lowest BCUT2D eigenvalue weighted by molar-refractivity contribution is 0.171. The molecule has 2 aliphatic rings. The first-order valence-electron chi connectivity index (χ1n) is 8.34.